The van der Waals surface area contributed by atoms with Gasteiger partial charge in [-0.2, -0.15) is 0 Å². The summed E-state index contributed by atoms with van der Waals surface area (Å²) in [5.74, 6) is 0. The van der Waals surface area contributed by atoms with Crippen molar-refractivity contribution in [3.63, 3.8) is 0 Å². The molecular formula is C13H14N2O. The van der Waals surface area contributed by atoms with E-state index in [1.54, 1.807) is 0 Å². The van der Waals surface area contributed by atoms with E-state index in [-0.39, 0.29) is 5.56 Å². The van der Waals surface area contributed by atoms with Crippen molar-refractivity contribution >= 4 is 0 Å². The van der Waals surface area contributed by atoms with Crippen LogP contribution in [-0.2, 0) is 13.0 Å². The zero-order chi connectivity index (χ0) is 11.0. The smallest absolute Gasteiger partial charge is 0.272 e. The first-order valence-corrected chi connectivity index (χ1v) is 5.73. The molecule has 0 spiro atoms. The second-order valence-corrected chi connectivity index (χ2v) is 4.24. The van der Waals surface area contributed by atoms with Crippen LogP contribution < -0.4 is 5.56 Å². The lowest BCUT2D eigenvalue weighted by Gasteiger charge is -2.14. The van der Waals surface area contributed by atoms with Crippen molar-refractivity contribution in [3.8, 4) is 11.1 Å². The lowest BCUT2D eigenvalue weighted by Crippen LogP contribution is -2.12. The van der Waals surface area contributed by atoms with Gasteiger partial charge in [0.1, 0.15) is 0 Å². The highest BCUT2D eigenvalue weighted by molar-refractivity contribution is 5.65. The quantitative estimate of drug-likeness (QED) is 0.776. The molecule has 1 N–H and O–H groups in total. The lowest BCUT2D eigenvalue weighted by molar-refractivity contribution is 0.485. The summed E-state index contributed by atoms with van der Waals surface area (Å²) in [6.07, 6.45) is 3.34. The number of hydrogen-bond acceptors (Lipinski definition) is 1. The van der Waals surface area contributed by atoms with Gasteiger partial charge in [0, 0.05) is 12.2 Å². The fraction of sp³-hybridized carbons (Fsp3) is 0.308. The van der Waals surface area contributed by atoms with Crippen LogP contribution in [0.25, 0.3) is 11.1 Å². The first-order valence-electron chi connectivity index (χ1n) is 5.73. The molecule has 0 bridgehead atoms. The molecule has 0 unspecified atom stereocenters. The highest BCUT2D eigenvalue weighted by Crippen LogP contribution is 2.24. The van der Waals surface area contributed by atoms with Gasteiger partial charge < -0.3 is 0 Å². The average Bonchev–Trinajstić information content (AvgIpc) is 2.66. The third kappa shape index (κ3) is 1.40. The van der Waals surface area contributed by atoms with Crippen LogP contribution in [0, 0.1) is 0 Å². The topological polar surface area (TPSA) is 37.8 Å². The predicted molar refractivity (Wildman–Crippen MR) is 63.4 cm³/mol. The normalized spacial score (nSPS) is 14.8. The van der Waals surface area contributed by atoms with E-state index < -0.39 is 0 Å². The maximum absolute atomic E-state index is 11.9. The van der Waals surface area contributed by atoms with E-state index in [0.29, 0.717) is 0 Å². The molecule has 1 aromatic carbocycles. The second-order valence-electron chi connectivity index (χ2n) is 4.24. The van der Waals surface area contributed by atoms with Gasteiger partial charge in [-0.3, -0.25) is 14.6 Å². The van der Waals surface area contributed by atoms with Crippen molar-refractivity contribution in [2.24, 2.45) is 0 Å². The molecular weight excluding hydrogens is 200 g/mol. The number of nitrogens with zero attached hydrogens (tertiary/aromatic N) is 1. The first kappa shape index (κ1) is 9.46. The summed E-state index contributed by atoms with van der Waals surface area (Å²) in [7, 11) is 0. The first-order chi connectivity index (χ1) is 7.86. The fourth-order valence-corrected chi connectivity index (χ4v) is 2.43. The number of nitrogens with one attached hydrogen (secondary N) is 1. The Morgan fingerprint density at radius 2 is 1.94 bits per heavy atom. The van der Waals surface area contributed by atoms with Crippen LogP contribution in [0.1, 0.15) is 18.5 Å². The third-order valence-corrected chi connectivity index (χ3v) is 3.19. The standard InChI is InChI=1S/C13H14N2O/c16-13-12(10-6-2-1-3-7-10)11-8-4-5-9-15(11)14-13/h1-3,6-7H,4-5,8-9H2,(H,14,16). The second kappa shape index (κ2) is 3.67. The molecule has 0 atom stereocenters. The number of hydrogen-bond donors (Lipinski definition) is 1. The largest absolute Gasteiger partial charge is 0.289 e. The molecule has 1 aliphatic heterocycles. The third-order valence-electron chi connectivity index (χ3n) is 3.19. The molecule has 3 rings (SSSR count). The molecule has 1 aliphatic rings. The van der Waals surface area contributed by atoms with Crippen LogP contribution in [0.5, 0.6) is 0 Å². The summed E-state index contributed by atoms with van der Waals surface area (Å²) in [5.41, 5.74) is 3.10. The number of H-pyrrole nitrogens is 1. The predicted octanol–water partition coefficient (Wildman–Crippen LogP) is 2.18. The van der Waals surface area contributed by atoms with Crippen molar-refractivity contribution in [3.05, 3.63) is 46.4 Å². The van der Waals surface area contributed by atoms with Crippen LogP contribution in [0.15, 0.2) is 35.1 Å². The van der Waals surface area contributed by atoms with Crippen molar-refractivity contribution in [1.29, 1.82) is 0 Å². The Morgan fingerprint density at radius 3 is 2.75 bits per heavy atom. The van der Waals surface area contributed by atoms with Gasteiger partial charge in [0.15, 0.2) is 0 Å². The Morgan fingerprint density at radius 1 is 1.12 bits per heavy atom. The highest BCUT2D eigenvalue weighted by atomic mass is 16.1. The maximum atomic E-state index is 11.9. The number of aryl methyl sites for hydroxylation is 1. The zero-order valence-electron chi connectivity index (χ0n) is 9.07. The molecule has 82 valence electrons. The van der Waals surface area contributed by atoms with Crippen molar-refractivity contribution < 1.29 is 0 Å². The van der Waals surface area contributed by atoms with Crippen LogP contribution in [0.2, 0.25) is 0 Å². The molecule has 0 aliphatic carbocycles. The Balaban J connectivity index is 2.21. The van der Waals surface area contributed by atoms with Crippen molar-refractivity contribution in [1.82, 2.24) is 9.78 Å². The summed E-state index contributed by atoms with van der Waals surface area (Å²) in [4.78, 5) is 11.9. The van der Waals surface area contributed by atoms with Gasteiger partial charge in [-0.1, -0.05) is 30.3 Å². The molecule has 3 heteroatoms. The molecule has 0 amide bonds. The molecule has 3 nitrogen and oxygen atoms in total. The molecule has 2 heterocycles. The number of aromatic nitrogens is 2. The summed E-state index contributed by atoms with van der Waals surface area (Å²) in [6, 6.07) is 9.92. The SMILES string of the molecule is O=c1[nH]n2c(c1-c1ccccc1)CCCC2. The van der Waals surface area contributed by atoms with Crippen LogP contribution in [0.3, 0.4) is 0 Å². The monoisotopic (exact) mass is 214 g/mol. The van der Waals surface area contributed by atoms with Gasteiger partial charge in [0.25, 0.3) is 5.56 Å². The van der Waals surface area contributed by atoms with Gasteiger partial charge in [-0.25, -0.2) is 0 Å². The Hall–Kier alpha value is -1.77. The maximum Gasteiger partial charge on any atom is 0.272 e. The zero-order valence-corrected chi connectivity index (χ0v) is 9.07. The minimum Gasteiger partial charge on any atom is -0.289 e. The van der Waals surface area contributed by atoms with E-state index >= 15 is 0 Å². The van der Waals surface area contributed by atoms with Crippen LogP contribution in [0.4, 0.5) is 0 Å². The van der Waals surface area contributed by atoms with E-state index in [1.165, 1.54) is 12.1 Å². The molecule has 0 fully saturated rings. The van der Waals surface area contributed by atoms with E-state index in [4.69, 9.17) is 0 Å². The van der Waals surface area contributed by atoms with Gasteiger partial charge in [0.05, 0.1) is 5.56 Å². The molecule has 0 saturated heterocycles. The van der Waals surface area contributed by atoms with E-state index in [9.17, 15) is 4.79 Å². The van der Waals surface area contributed by atoms with Crippen molar-refractivity contribution in [2.45, 2.75) is 25.8 Å². The summed E-state index contributed by atoms with van der Waals surface area (Å²) >= 11 is 0. The van der Waals surface area contributed by atoms with Crippen LogP contribution in [-0.4, -0.2) is 9.78 Å². The minimum atomic E-state index is 0.0445. The average molecular weight is 214 g/mol. The summed E-state index contributed by atoms with van der Waals surface area (Å²) in [6.45, 7) is 0.942. The molecule has 2 aromatic rings. The number of rotatable bonds is 1. The number of benzene rings is 1. The minimum absolute atomic E-state index is 0.0445. The number of aromatic amines is 1. The van der Waals surface area contributed by atoms with E-state index in [1.807, 2.05) is 35.0 Å². The molecule has 0 radical (unpaired) electrons. The summed E-state index contributed by atoms with van der Waals surface area (Å²) in [5, 5.41) is 2.92. The highest BCUT2D eigenvalue weighted by Gasteiger charge is 2.18. The van der Waals surface area contributed by atoms with E-state index in [2.05, 4.69) is 5.10 Å². The summed E-state index contributed by atoms with van der Waals surface area (Å²) < 4.78 is 2.01. The lowest BCUT2D eigenvalue weighted by atomic mass is 10.0. The van der Waals surface area contributed by atoms with Crippen LogP contribution >= 0.6 is 0 Å². The fourth-order valence-electron chi connectivity index (χ4n) is 2.43. The van der Waals surface area contributed by atoms with Gasteiger partial charge in [-0.05, 0) is 24.8 Å². The van der Waals surface area contributed by atoms with E-state index in [0.717, 1.165) is 30.5 Å². The van der Waals surface area contributed by atoms with Crippen molar-refractivity contribution in [2.75, 3.05) is 0 Å². The molecule has 16 heavy (non-hydrogen) atoms. The Bertz CT molecular complexity index is 551. The van der Waals surface area contributed by atoms with Gasteiger partial charge in [0.2, 0.25) is 0 Å². The molecule has 1 aromatic heterocycles. The van der Waals surface area contributed by atoms with Gasteiger partial charge in [-0.15, -0.1) is 0 Å². The number of fused-ring (bicyclic) bond motifs is 1. The Labute approximate surface area is 93.7 Å². The van der Waals surface area contributed by atoms with Gasteiger partial charge >= 0.3 is 0 Å². The Kier molecular flexibility index (Phi) is 2.17. The molecule has 0 saturated carbocycles.